The Bertz CT molecular complexity index is 383. The molecule has 3 rings (SSSR count). The number of para-hydroxylation sites is 2. The zero-order chi connectivity index (χ0) is 14.4. The molecule has 1 aliphatic heterocycles. The second-order valence-corrected chi connectivity index (χ2v) is 5.74. The molecule has 0 bridgehead atoms. The number of nitrogens with zero attached hydrogens (tertiary/aromatic N) is 1. The zero-order valence-corrected chi connectivity index (χ0v) is 13.0. The van der Waals surface area contributed by atoms with Gasteiger partial charge < -0.3 is 14.4 Å². The highest BCUT2D eigenvalue weighted by atomic mass is 16.5. The first-order chi connectivity index (χ1) is 9.76. The van der Waals surface area contributed by atoms with Gasteiger partial charge in [0.05, 0.1) is 14.2 Å². The Balaban J connectivity index is 0.000000147. The van der Waals surface area contributed by atoms with Gasteiger partial charge in [0.25, 0.3) is 0 Å². The van der Waals surface area contributed by atoms with Crippen LogP contribution in [0.2, 0.25) is 0 Å². The van der Waals surface area contributed by atoms with Crippen LogP contribution in [0.4, 0.5) is 0 Å². The highest BCUT2D eigenvalue weighted by Gasteiger charge is 2.32. The number of fused-ring (bicyclic) bond motifs is 1. The number of likely N-dealkylation sites (tertiary alicyclic amines) is 1. The molecule has 0 radical (unpaired) electrons. The second kappa shape index (κ2) is 7.53. The van der Waals surface area contributed by atoms with Crippen LogP contribution >= 0.6 is 0 Å². The Hall–Kier alpha value is -1.22. The van der Waals surface area contributed by atoms with Gasteiger partial charge in [0.1, 0.15) is 0 Å². The van der Waals surface area contributed by atoms with Crippen molar-refractivity contribution < 1.29 is 9.47 Å². The first-order valence-electron chi connectivity index (χ1n) is 7.63. The standard InChI is InChI=1S/C9H17N.C8H10O2/c1-10-7-6-8-4-2-3-5-9(8)10;1-9-7-5-3-4-6-8(7)10-2/h8-9H,2-7H2,1H3;3-6H,1-2H3. The van der Waals surface area contributed by atoms with E-state index >= 15 is 0 Å². The van der Waals surface area contributed by atoms with Gasteiger partial charge >= 0.3 is 0 Å². The van der Waals surface area contributed by atoms with Crippen LogP contribution in [0.3, 0.4) is 0 Å². The minimum Gasteiger partial charge on any atom is -0.493 e. The Labute approximate surface area is 122 Å². The van der Waals surface area contributed by atoms with Gasteiger partial charge in [-0.1, -0.05) is 25.0 Å². The molecule has 1 saturated carbocycles. The van der Waals surface area contributed by atoms with E-state index in [9.17, 15) is 0 Å². The highest BCUT2D eigenvalue weighted by molar-refractivity contribution is 5.39. The third-order valence-corrected chi connectivity index (χ3v) is 4.58. The van der Waals surface area contributed by atoms with Gasteiger partial charge in [0, 0.05) is 6.04 Å². The van der Waals surface area contributed by atoms with Crippen LogP contribution in [0.25, 0.3) is 0 Å². The highest BCUT2D eigenvalue weighted by Crippen LogP contribution is 2.34. The Morgan fingerprint density at radius 1 is 0.950 bits per heavy atom. The molecule has 3 heteroatoms. The van der Waals surface area contributed by atoms with Crippen molar-refractivity contribution in [2.75, 3.05) is 27.8 Å². The largest absolute Gasteiger partial charge is 0.493 e. The molecular formula is C17H27NO2. The van der Waals surface area contributed by atoms with Gasteiger partial charge in [-0.2, -0.15) is 0 Å². The van der Waals surface area contributed by atoms with Crippen LogP contribution < -0.4 is 9.47 Å². The smallest absolute Gasteiger partial charge is 0.160 e. The lowest BCUT2D eigenvalue weighted by Crippen LogP contribution is -2.31. The molecule has 2 unspecified atom stereocenters. The summed E-state index contributed by atoms with van der Waals surface area (Å²) >= 11 is 0. The summed E-state index contributed by atoms with van der Waals surface area (Å²) in [6.07, 6.45) is 7.43. The van der Waals surface area contributed by atoms with Gasteiger partial charge in [-0.05, 0) is 50.9 Å². The van der Waals surface area contributed by atoms with Crippen LogP contribution in [0.5, 0.6) is 11.5 Å². The van der Waals surface area contributed by atoms with E-state index in [0.717, 1.165) is 23.5 Å². The molecule has 2 atom stereocenters. The molecule has 1 aromatic rings. The van der Waals surface area contributed by atoms with Crippen LogP contribution in [-0.4, -0.2) is 38.8 Å². The molecule has 1 saturated heterocycles. The lowest BCUT2D eigenvalue weighted by Gasteiger charge is -2.28. The first kappa shape index (κ1) is 15.2. The van der Waals surface area contributed by atoms with Crippen molar-refractivity contribution in [2.45, 2.75) is 38.1 Å². The van der Waals surface area contributed by atoms with Gasteiger partial charge in [0.2, 0.25) is 0 Å². The fraction of sp³-hybridized carbons (Fsp3) is 0.647. The Morgan fingerprint density at radius 3 is 2.10 bits per heavy atom. The number of benzene rings is 1. The summed E-state index contributed by atoms with van der Waals surface area (Å²) in [5.41, 5.74) is 0. The number of rotatable bonds is 2. The summed E-state index contributed by atoms with van der Waals surface area (Å²) in [4.78, 5) is 2.56. The van der Waals surface area contributed by atoms with Gasteiger partial charge in [0.15, 0.2) is 11.5 Å². The number of methoxy groups -OCH3 is 2. The maximum Gasteiger partial charge on any atom is 0.160 e. The maximum absolute atomic E-state index is 5.01. The monoisotopic (exact) mass is 277 g/mol. The van der Waals surface area contributed by atoms with Crippen molar-refractivity contribution in [1.29, 1.82) is 0 Å². The Morgan fingerprint density at radius 2 is 1.55 bits per heavy atom. The average Bonchev–Trinajstić information content (AvgIpc) is 2.90. The summed E-state index contributed by atoms with van der Waals surface area (Å²) in [7, 11) is 5.53. The SMILES string of the molecule is CN1CCC2CCCCC21.COc1ccccc1OC. The maximum atomic E-state index is 5.01. The minimum absolute atomic E-state index is 0.769. The van der Waals surface area contributed by atoms with Gasteiger partial charge in [-0.25, -0.2) is 0 Å². The van der Waals surface area contributed by atoms with E-state index in [2.05, 4.69) is 11.9 Å². The van der Waals surface area contributed by atoms with E-state index in [1.165, 1.54) is 38.6 Å². The van der Waals surface area contributed by atoms with E-state index in [1.807, 2.05) is 24.3 Å². The molecule has 0 aromatic heterocycles. The summed E-state index contributed by atoms with van der Waals surface area (Å²) < 4.78 is 10.0. The molecular weight excluding hydrogens is 250 g/mol. The van der Waals surface area contributed by atoms with Crippen LogP contribution in [0.1, 0.15) is 32.1 Å². The minimum atomic E-state index is 0.769. The quantitative estimate of drug-likeness (QED) is 0.824. The molecule has 20 heavy (non-hydrogen) atoms. The fourth-order valence-electron chi connectivity index (χ4n) is 3.43. The number of hydrogen-bond acceptors (Lipinski definition) is 3. The van der Waals surface area contributed by atoms with Gasteiger partial charge in [-0.15, -0.1) is 0 Å². The van der Waals surface area contributed by atoms with E-state index in [0.29, 0.717) is 0 Å². The molecule has 1 heterocycles. The van der Waals surface area contributed by atoms with Crippen LogP contribution in [0, 0.1) is 5.92 Å². The molecule has 2 aliphatic rings. The number of hydrogen-bond donors (Lipinski definition) is 0. The topological polar surface area (TPSA) is 21.7 Å². The first-order valence-corrected chi connectivity index (χ1v) is 7.63. The van der Waals surface area contributed by atoms with Crippen LogP contribution in [-0.2, 0) is 0 Å². The van der Waals surface area contributed by atoms with Gasteiger partial charge in [-0.3, -0.25) is 0 Å². The molecule has 2 fully saturated rings. The van der Waals surface area contributed by atoms with Crippen molar-refractivity contribution in [3.05, 3.63) is 24.3 Å². The molecule has 112 valence electrons. The Kier molecular flexibility index (Phi) is 5.72. The normalized spacial score (nSPS) is 25.4. The summed E-state index contributed by atoms with van der Waals surface area (Å²) in [6, 6.07) is 8.49. The van der Waals surface area contributed by atoms with Crippen molar-refractivity contribution >= 4 is 0 Å². The molecule has 1 aliphatic carbocycles. The summed E-state index contributed by atoms with van der Waals surface area (Å²) in [5, 5.41) is 0. The average molecular weight is 277 g/mol. The summed E-state index contributed by atoms with van der Waals surface area (Å²) in [5.74, 6) is 2.61. The molecule has 0 amide bonds. The molecule has 1 aromatic carbocycles. The molecule has 0 spiro atoms. The van der Waals surface area contributed by atoms with Crippen molar-refractivity contribution in [2.24, 2.45) is 5.92 Å². The number of ether oxygens (including phenoxy) is 2. The van der Waals surface area contributed by atoms with Crippen molar-refractivity contribution in [3.8, 4) is 11.5 Å². The molecule has 3 nitrogen and oxygen atoms in total. The molecule has 0 N–H and O–H groups in total. The third kappa shape index (κ3) is 3.66. The zero-order valence-electron chi connectivity index (χ0n) is 13.0. The summed E-state index contributed by atoms with van der Waals surface area (Å²) in [6.45, 7) is 1.36. The van der Waals surface area contributed by atoms with E-state index in [1.54, 1.807) is 14.2 Å². The van der Waals surface area contributed by atoms with E-state index < -0.39 is 0 Å². The van der Waals surface area contributed by atoms with Crippen molar-refractivity contribution in [3.63, 3.8) is 0 Å². The predicted molar refractivity (Wildman–Crippen MR) is 82.5 cm³/mol. The lowest BCUT2D eigenvalue weighted by molar-refractivity contribution is 0.215. The van der Waals surface area contributed by atoms with Crippen LogP contribution in [0.15, 0.2) is 24.3 Å². The predicted octanol–water partition coefficient (Wildman–Crippen LogP) is 3.58. The van der Waals surface area contributed by atoms with E-state index in [4.69, 9.17) is 9.47 Å². The third-order valence-electron chi connectivity index (χ3n) is 4.58. The second-order valence-electron chi connectivity index (χ2n) is 5.74. The van der Waals surface area contributed by atoms with Crippen molar-refractivity contribution in [1.82, 2.24) is 4.90 Å². The lowest BCUT2D eigenvalue weighted by atomic mass is 9.85. The fourth-order valence-corrected chi connectivity index (χ4v) is 3.43. The van der Waals surface area contributed by atoms with E-state index in [-0.39, 0.29) is 0 Å².